The SMILES string of the molecule is ClCc1cccc(NC2CCCCC2)c1. The van der Waals surface area contributed by atoms with E-state index in [4.69, 9.17) is 11.6 Å². The molecule has 0 bridgehead atoms. The fourth-order valence-electron chi connectivity index (χ4n) is 2.23. The van der Waals surface area contributed by atoms with Gasteiger partial charge in [0.15, 0.2) is 0 Å². The highest BCUT2D eigenvalue weighted by atomic mass is 35.5. The van der Waals surface area contributed by atoms with E-state index in [2.05, 4.69) is 29.6 Å². The zero-order chi connectivity index (χ0) is 10.5. The molecule has 1 saturated carbocycles. The predicted molar refractivity (Wildman–Crippen MR) is 66.5 cm³/mol. The molecule has 0 aromatic heterocycles. The van der Waals surface area contributed by atoms with Crippen molar-refractivity contribution in [2.24, 2.45) is 0 Å². The number of hydrogen-bond donors (Lipinski definition) is 1. The van der Waals surface area contributed by atoms with E-state index in [0.717, 1.165) is 0 Å². The average Bonchev–Trinajstić information content (AvgIpc) is 2.31. The predicted octanol–water partition coefficient (Wildman–Crippen LogP) is 4.17. The monoisotopic (exact) mass is 223 g/mol. The third-order valence-corrected chi connectivity index (χ3v) is 3.37. The first-order chi connectivity index (χ1) is 7.38. The van der Waals surface area contributed by atoms with Gasteiger partial charge in [-0.1, -0.05) is 31.4 Å². The average molecular weight is 224 g/mol. The van der Waals surface area contributed by atoms with Gasteiger partial charge in [0, 0.05) is 17.6 Å². The maximum Gasteiger partial charge on any atom is 0.0474 e. The number of nitrogens with one attached hydrogen (secondary N) is 1. The lowest BCUT2D eigenvalue weighted by atomic mass is 9.95. The minimum atomic E-state index is 0.597. The van der Waals surface area contributed by atoms with Gasteiger partial charge in [0.1, 0.15) is 0 Å². The van der Waals surface area contributed by atoms with Crippen LogP contribution in [0.5, 0.6) is 0 Å². The third kappa shape index (κ3) is 3.13. The van der Waals surface area contributed by atoms with Gasteiger partial charge in [0.05, 0.1) is 0 Å². The van der Waals surface area contributed by atoms with Crippen LogP contribution < -0.4 is 5.32 Å². The highest BCUT2D eigenvalue weighted by Crippen LogP contribution is 2.22. The van der Waals surface area contributed by atoms with Gasteiger partial charge in [0.2, 0.25) is 0 Å². The Balaban J connectivity index is 1.96. The van der Waals surface area contributed by atoms with Crippen LogP contribution in [0.4, 0.5) is 5.69 Å². The Morgan fingerprint density at radius 1 is 1.20 bits per heavy atom. The van der Waals surface area contributed by atoms with Gasteiger partial charge in [-0.2, -0.15) is 0 Å². The second-order valence-corrected chi connectivity index (χ2v) is 4.58. The Bertz CT molecular complexity index is 305. The minimum Gasteiger partial charge on any atom is -0.382 e. The lowest BCUT2D eigenvalue weighted by Gasteiger charge is -2.24. The molecule has 0 aliphatic heterocycles. The smallest absolute Gasteiger partial charge is 0.0474 e. The van der Waals surface area contributed by atoms with Gasteiger partial charge in [-0.15, -0.1) is 11.6 Å². The summed E-state index contributed by atoms with van der Waals surface area (Å²) in [5.41, 5.74) is 2.41. The molecular formula is C13H18ClN. The Labute approximate surface area is 96.8 Å². The van der Waals surface area contributed by atoms with E-state index in [1.54, 1.807) is 0 Å². The van der Waals surface area contributed by atoms with Gasteiger partial charge in [0.25, 0.3) is 0 Å². The van der Waals surface area contributed by atoms with Crippen LogP contribution in [0.3, 0.4) is 0 Å². The number of benzene rings is 1. The third-order valence-electron chi connectivity index (χ3n) is 3.06. The Morgan fingerprint density at radius 3 is 2.73 bits per heavy atom. The van der Waals surface area contributed by atoms with Gasteiger partial charge >= 0.3 is 0 Å². The van der Waals surface area contributed by atoms with Crippen molar-refractivity contribution in [2.75, 3.05) is 5.32 Å². The van der Waals surface area contributed by atoms with Crippen molar-refractivity contribution in [1.29, 1.82) is 0 Å². The van der Waals surface area contributed by atoms with Crippen molar-refractivity contribution in [3.05, 3.63) is 29.8 Å². The van der Waals surface area contributed by atoms with Gasteiger partial charge in [-0.3, -0.25) is 0 Å². The topological polar surface area (TPSA) is 12.0 Å². The van der Waals surface area contributed by atoms with Crippen LogP contribution in [0, 0.1) is 0 Å². The van der Waals surface area contributed by atoms with Gasteiger partial charge < -0.3 is 5.32 Å². The Morgan fingerprint density at radius 2 is 2.00 bits per heavy atom. The zero-order valence-electron chi connectivity index (χ0n) is 9.01. The summed E-state index contributed by atoms with van der Waals surface area (Å²) in [6.45, 7) is 0. The van der Waals surface area contributed by atoms with E-state index in [-0.39, 0.29) is 0 Å². The van der Waals surface area contributed by atoms with Crippen molar-refractivity contribution in [3.63, 3.8) is 0 Å². The van der Waals surface area contributed by atoms with Crippen molar-refractivity contribution >= 4 is 17.3 Å². The molecule has 1 aliphatic rings. The molecule has 1 nitrogen and oxygen atoms in total. The standard InChI is InChI=1S/C13H18ClN/c14-10-11-5-4-8-13(9-11)15-12-6-2-1-3-7-12/h4-5,8-9,12,15H,1-3,6-7,10H2. The fourth-order valence-corrected chi connectivity index (χ4v) is 2.39. The van der Waals surface area contributed by atoms with E-state index in [9.17, 15) is 0 Å². The first kappa shape index (κ1) is 10.8. The first-order valence-corrected chi connectivity index (χ1v) is 6.33. The second kappa shape index (κ2) is 5.41. The fraction of sp³-hybridized carbons (Fsp3) is 0.538. The van der Waals surface area contributed by atoms with E-state index >= 15 is 0 Å². The molecule has 1 fully saturated rings. The molecule has 1 aromatic rings. The summed E-state index contributed by atoms with van der Waals surface area (Å²) in [6, 6.07) is 9.10. The van der Waals surface area contributed by atoms with Crippen molar-refractivity contribution in [2.45, 2.75) is 44.0 Å². The summed E-state index contributed by atoms with van der Waals surface area (Å²) in [6.07, 6.45) is 6.76. The van der Waals surface area contributed by atoms with Gasteiger partial charge in [-0.05, 0) is 30.5 Å². The highest BCUT2D eigenvalue weighted by Gasteiger charge is 2.12. The molecule has 0 amide bonds. The molecule has 0 unspecified atom stereocenters. The summed E-state index contributed by atoms with van der Waals surface area (Å²) in [4.78, 5) is 0. The molecule has 2 rings (SSSR count). The largest absolute Gasteiger partial charge is 0.382 e. The zero-order valence-corrected chi connectivity index (χ0v) is 9.76. The van der Waals surface area contributed by atoms with Crippen molar-refractivity contribution in [1.82, 2.24) is 0 Å². The lowest BCUT2D eigenvalue weighted by molar-refractivity contribution is 0.463. The minimum absolute atomic E-state index is 0.597. The molecule has 82 valence electrons. The molecule has 0 spiro atoms. The number of anilines is 1. The molecule has 0 atom stereocenters. The quantitative estimate of drug-likeness (QED) is 0.759. The first-order valence-electron chi connectivity index (χ1n) is 5.80. The summed E-state index contributed by atoms with van der Waals surface area (Å²) in [7, 11) is 0. The molecule has 1 aromatic carbocycles. The number of halogens is 1. The van der Waals surface area contributed by atoms with Crippen LogP contribution >= 0.6 is 11.6 Å². The van der Waals surface area contributed by atoms with E-state index in [0.29, 0.717) is 11.9 Å². The normalized spacial score (nSPS) is 17.7. The summed E-state index contributed by atoms with van der Waals surface area (Å²) in [5, 5.41) is 3.60. The Kier molecular flexibility index (Phi) is 3.90. The summed E-state index contributed by atoms with van der Waals surface area (Å²) >= 11 is 5.81. The molecule has 15 heavy (non-hydrogen) atoms. The molecule has 2 heteroatoms. The highest BCUT2D eigenvalue weighted by molar-refractivity contribution is 6.17. The van der Waals surface area contributed by atoms with Crippen LogP contribution in [0.2, 0.25) is 0 Å². The van der Waals surface area contributed by atoms with Crippen molar-refractivity contribution in [3.8, 4) is 0 Å². The number of rotatable bonds is 3. The van der Waals surface area contributed by atoms with Crippen molar-refractivity contribution < 1.29 is 0 Å². The van der Waals surface area contributed by atoms with Crippen LogP contribution in [0.15, 0.2) is 24.3 Å². The number of alkyl halides is 1. The lowest BCUT2D eigenvalue weighted by Crippen LogP contribution is -2.22. The Hall–Kier alpha value is -0.690. The molecule has 1 N–H and O–H groups in total. The second-order valence-electron chi connectivity index (χ2n) is 4.31. The molecule has 0 radical (unpaired) electrons. The summed E-state index contributed by atoms with van der Waals surface area (Å²) in [5.74, 6) is 0.597. The van der Waals surface area contributed by atoms with Gasteiger partial charge in [-0.25, -0.2) is 0 Å². The van der Waals surface area contributed by atoms with Crippen LogP contribution in [0.1, 0.15) is 37.7 Å². The van der Waals surface area contributed by atoms with Crippen LogP contribution in [-0.2, 0) is 5.88 Å². The van der Waals surface area contributed by atoms with Crippen LogP contribution in [0.25, 0.3) is 0 Å². The van der Waals surface area contributed by atoms with E-state index < -0.39 is 0 Å². The van der Waals surface area contributed by atoms with E-state index in [1.165, 1.54) is 43.4 Å². The number of hydrogen-bond acceptors (Lipinski definition) is 1. The van der Waals surface area contributed by atoms with E-state index in [1.807, 2.05) is 0 Å². The van der Waals surface area contributed by atoms with Crippen LogP contribution in [-0.4, -0.2) is 6.04 Å². The maximum atomic E-state index is 5.81. The molecular weight excluding hydrogens is 206 g/mol. The molecule has 1 aliphatic carbocycles. The molecule has 0 saturated heterocycles. The summed E-state index contributed by atoms with van der Waals surface area (Å²) < 4.78 is 0. The maximum absolute atomic E-state index is 5.81. The molecule has 0 heterocycles.